The highest BCUT2D eigenvalue weighted by Gasteiger charge is 2.28. The zero-order valence-corrected chi connectivity index (χ0v) is 15.1. The second kappa shape index (κ2) is 6.48. The van der Waals surface area contributed by atoms with Crippen LogP contribution in [0.4, 0.5) is 0 Å². The molecule has 0 spiro atoms. The molecular formula is C19H29NS. The predicted molar refractivity (Wildman–Crippen MR) is 95.7 cm³/mol. The van der Waals surface area contributed by atoms with E-state index in [-0.39, 0.29) is 0 Å². The average Bonchev–Trinajstić information content (AvgIpc) is 2.77. The van der Waals surface area contributed by atoms with Crippen LogP contribution in [-0.2, 0) is 0 Å². The number of hydrogen-bond acceptors (Lipinski definition) is 2. The van der Waals surface area contributed by atoms with Gasteiger partial charge in [-0.1, -0.05) is 27.4 Å². The zero-order chi connectivity index (χ0) is 15.6. The fraction of sp³-hybridized carbons (Fsp3) is 0.632. The van der Waals surface area contributed by atoms with Gasteiger partial charge in [-0.25, -0.2) is 0 Å². The van der Waals surface area contributed by atoms with Crippen molar-refractivity contribution in [1.29, 1.82) is 0 Å². The van der Waals surface area contributed by atoms with Crippen molar-refractivity contribution in [2.45, 2.75) is 72.6 Å². The standard InChI is InChI=1S/C19H29NS/c1-7-17(20-13(2)3)16-12-18(21-14(16)4)15-8-10-19(5,6)11-9-15/h12,15H,2,7-11H2,1,3-6H3. The summed E-state index contributed by atoms with van der Waals surface area (Å²) in [5, 5.41) is 0. The van der Waals surface area contributed by atoms with E-state index in [1.165, 1.54) is 41.8 Å². The van der Waals surface area contributed by atoms with Crippen molar-refractivity contribution in [1.82, 2.24) is 0 Å². The Bertz CT molecular complexity index is 538. The Morgan fingerprint density at radius 1 is 1.38 bits per heavy atom. The lowest BCUT2D eigenvalue weighted by Gasteiger charge is -2.33. The zero-order valence-electron chi connectivity index (χ0n) is 14.3. The van der Waals surface area contributed by atoms with Gasteiger partial charge < -0.3 is 0 Å². The first-order valence-corrected chi connectivity index (χ1v) is 8.98. The van der Waals surface area contributed by atoms with E-state index in [2.05, 4.69) is 45.3 Å². The predicted octanol–water partition coefficient (Wildman–Crippen LogP) is 6.47. The molecule has 0 unspecified atom stereocenters. The highest BCUT2D eigenvalue weighted by atomic mass is 32.1. The van der Waals surface area contributed by atoms with E-state index >= 15 is 0 Å². The maximum Gasteiger partial charge on any atom is 0.0487 e. The van der Waals surface area contributed by atoms with Gasteiger partial charge in [0.05, 0.1) is 0 Å². The molecule has 0 bridgehead atoms. The van der Waals surface area contributed by atoms with Gasteiger partial charge in [0.2, 0.25) is 0 Å². The molecule has 0 saturated heterocycles. The molecule has 2 rings (SSSR count). The molecular weight excluding hydrogens is 274 g/mol. The van der Waals surface area contributed by atoms with Crippen molar-refractivity contribution in [3.05, 3.63) is 33.7 Å². The molecule has 1 fully saturated rings. The fourth-order valence-corrected chi connectivity index (χ4v) is 4.46. The van der Waals surface area contributed by atoms with Crippen LogP contribution in [-0.4, -0.2) is 5.71 Å². The molecule has 0 N–H and O–H groups in total. The van der Waals surface area contributed by atoms with Crippen LogP contribution in [0.5, 0.6) is 0 Å². The van der Waals surface area contributed by atoms with Crippen molar-refractivity contribution < 1.29 is 0 Å². The monoisotopic (exact) mass is 303 g/mol. The van der Waals surface area contributed by atoms with Crippen molar-refractivity contribution >= 4 is 17.0 Å². The average molecular weight is 304 g/mol. The number of thiophene rings is 1. The van der Waals surface area contributed by atoms with E-state index in [1.54, 1.807) is 4.88 Å². The SMILES string of the molecule is C=C(C)N=C(CC)c1cc(C2CCC(C)(C)CC2)sc1C. The number of rotatable bonds is 4. The Hall–Kier alpha value is -0.890. The van der Waals surface area contributed by atoms with Crippen molar-refractivity contribution in [3.63, 3.8) is 0 Å². The van der Waals surface area contributed by atoms with E-state index in [1.807, 2.05) is 18.3 Å². The molecule has 0 radical (unpaired) electrons. The quantitative estimate of drug-likeness (QED) is 0.565. The van der Waals surface area contributed by atoms with Crippen LogP contribution in [0.15, 0.2) is 23.3 Å². The normalized spacial score (nSPS) is 19.8. The molecule has 0 aromatic carbocycles. The molecule has 1 aliphatic carbocycles. The van der Waals surface area contributed by atoms with Crippen LogP contribution < -0.4 is 0 Å². The summed E-state index contributed by atoms with van der Waals surface area (Å²) in [6, 6.07) is 2.41. The van der Waals surface area contributed by atoms with Crippen molar-refractivity contribution in [2.24, 2.45) is 10.4 Å². The molecule has 1 heterocycles. The molecule has 0 aliphatic heterocycles. The first kappa shape index (κ1) is 16.5. The lowest BCUT2D eigenvalue weighted by molar-refractivity contribution is 0.226. The molecule has 1 saturated carbocycles. The van der Waals surface area contributed by atoms with Crippen LogP contribution >= 0.6 is 11.3 Å². The van der Waals surface area contributed by atoms with Crippen molar-refractivity contribution in [3.8, 4) is 0 Å². The Kier molecular flexibility index (Phi) is 5.08. The first-order chi connectivity index (χ1) is 9.82. The van der Waals surface area contributed by atoms with Gasteiger partial charge in [0, 0.05) is 26.7 Å². The van der Waals surface area contributed by atoms with E-state index in [0.717, 1.165) is 18.0 Å². The summed E-state index contributed by atoms with van der Waals surface area (Å²) in [5.41, 5.74) is 3.99. The van der Waals surface area contributed by atoms with Crippen molar-refractivity contribution in [2.75, 3.05) is 0 Å². The summed E-state index contributed by atoms with van der Waals surface area (Å²) in [6.07, 6.45) is 6.35. The summed E-state index contributed by atoms with van der Waals surface area (Å²) in [7, 11) is 0. The van der Waals surface area contributed by atoms with E-state index < -0.39 is 0 Å². The summed E-state index contributed by atoms with van der Waals surface area (Å²) in [6.45, 7) is 15.1. The van der Waals surface area contributed by atoms with Crippen LogP contribution in [0, 0.1) is 12.3 Å². The van der Waals surface area contributed by atoms with Gasteiger partial charge in [0.15, 0.2) is 0 Å². The second-order valence-electron chi connectivity index (χ2n) is 7.20. The number of hydrogen-bond donors (Lipinski definition) is 0. The largest absolute Gasteiger partial charge is 0.258 e. The molecule has 21 heavy (non-hydrogen) atoms. The highest BCUT2D eigenvalue weighted by Crippen LogP contribution is 2.44. The third kappa shape index (κ3) is 4.06. The summed E-state index contributed by atoms with van der Waals surface area (Å²) in [5.74, 6) is 0.762. The molecule has 1 aromatic heterocycles. The van der Waals surface area contributed by atoms with E-state index in [9.17, 15) is 0 Å². The molecule has 1 nitrogen and oxygen atoms in total. The van der Waals surface area contributed by atoms with Crippen LogP contribution in [0.2, 0.25) is 0 Å². The maximum absolute atomic E-state index is 4.64. The molecule has 116 valence electrons. The molecule has 1 aromatic rings. The third-order valence-corrected chi connectivity index (χ3v) is 5.86. The second-order valence-corrected chi connectivity index (χ2v) is 8.49. The Morgan fingerprint density at radius 2 is 2.00 bits per heavy atom. The van der Waals surface area contributed by atoms with Gasteiger partial charge in [-0.15, -0.1) is 11.3 Å². The Morgan fingerprint density at radius 3 is 2.52 bits per heavy atom. The van der Waals surface area contributed by atoms with Crippen LogP contribution in [0.25, 0.3) is 0 Å². The smallest absolute Gasteiger partial charge is 0.0487 e. The van der Waals surface area contributed by atoms with Gasteiger partial charge in [-0.05, 0) is 63.4 Å². The van der Waals surface area contributed by atoms with Crippen LogP contribution in [0.1, 0.15) is 81.0 Å². The lowest BCUT2D eigenvalue weighted by Crippen LogP contribution is -2.19. The van der Waals surface area contributed by atoms with Crippen LogP contribution in [0.3, 0.4) is 0 Å². The number of aryl methyl sites for hydroxylation is 1. The van der Waals surface area contributed by atoms with E-state index in [0.29, 0.717) is 5.41 Å². The van der Waals surface area contributed by atoms with Gasteiger partial charge in [-0.2, -0.15) is 0 Å². The summed E-state index contributed by atoms with van der Waals surface area (Å²) >= 11 is 1.98. The minimum absolute atomic E-state index is 0.543. The van der Waals surface area contributed by atoms with Gasteiger partial charge in [-0.3, -0.25) is 4.99 Å². The third-order valence-electron chi connectivity index (χ3n) is 4.65. The summed E-state index contributed by atoms with van der Waals surface area (Å²) in [4.78, 5) is 7.62. The minimum Gasteiger partial charge on any atom is -0.258 e. The Balaban J connectivity index is 2.21. The minimum atomic E-state index is 0.543. The molecule has 0 amide bonds. The molecule has 0 atom stereocenters. The van der Waals surface area contributed by atoms with Gasteiger partial charge in [0.1, 0.15) is 0 Å². The Labute approximate surface area is 134 Å². The van der Waals surface area contributed by atoms with Gasteiger partial charge >= 0.3 is 0 Å². The summed E-state index contributed by atoms with van der Waals surface area (Å²) < 4.78 is 0. The number of allylic oxidation sites excluding steroid dienone is 1. The van der Waals surface area contributed by atoms with Gasteiger partial charge in [0.25, 0.3) is 0 Å². The maximum atomic E-state index is 4.64. The van der Waals surface area contributed by atoms with E-state index in [4.69, 9.17) is 0 Å². The topological polar surface area (TPSA) is 12.4 Å². The lowest BCUT2D eigenvalue weighted by atomic mass is 9.73. The first-order valence-electron chi connectivity index (χ1n) is 8.16. The number of nitrogens with zero attached hydrogens (tertiary/aromatic N) is 1. The highest BCUT2D eigenvalue weighted by molar-refractivity contribution is 7.12. The number of aliphatic imine (C=N–C) groups is 1. The molecule has 1 aliphatic rings. The molecule has 2 heteroatoms. The fourth-order valence-electron chi connectivity index (χ4n) is 3.24.